The van der Waals surface area contributed by atoms with E-state index in [2.05, 4.69) is 95.2 Å². The molecule has 3 heteroatoms. The first kappa shape index (κ1) is 18.7. The first-order chi connectivity index (χ1) is 11.4. The molecule has 1 N–H and O–H groups in total. The normalized spacial score (nSPS) is 12.3. The topological polar surface area (TPSA) is 24.4 Å². The van der Waals surface area contributed by atoms with Crippen LogP contribution in [0, 0.1) is 13.8 Å². The second-order valence-electron chi connectivity index (χ2n) is 6.77. The van der Waals surface area contributed by atoms with E-state index in [1.165, 1.54) is 16.7 Å². The van der Waals surface area contributed by atoms with Gasteiger partial charge in [0.1, 0.15) is 5.84 Å². The van der Waals surface area contributed by atoms with Crippen LogP contribution >= 0.6 is 8.07 Å². The lowest BCUT2D eigenvalue weighted by atomic mass is 10.1. The molecule has 0 aliphatic heterocycles. The first-order valence-corrected chi connectivity index (χ1v) is 10.1. The molecule has 0 bridgehead atoms. The fraction of sp³-hybridized carbons (Fsp3) is 0.381. The maximum absolute atomic E-state index is 5.02. The van der Waals surface area contributed by atoms with Crippen LogP contribution in [0.2, 0.25) is 0 Å². The van der Waals surface area contributed by atoms with E-state index in [-0.39, 0.29) is 8.07 Å². The number of hydrogen-bond acceptors (Lipinski definition) is 1. The van der Waals surface area contributed by atoms with E-state index in [1.807, 2.05) is 0 Å². The summed E-state index contributed by atoms with van der Waals surface area (Å²) in [6.07, 6.45) is 0. The molecule has 0 heterocycles. The predicted molar refractivity (Wildman–Crippen MR) is 109 cm³/mol. The van der Waals surface area contributed by atoms with Crippen molar-refractivity contribution in [2.75, 3.05) is 0 Å². The van der Waals surface area contributed by atoms with Crippen LogP contribution in [0.15, 0.2) is 53.5 Å². The summed E-state index contributed by atoms with van der Waals surface area (Å²) in [5.74, 6) is 0.996. The molecule has 0 saturated heterocycles. The second-order valence-corrected chi connectivity index (χ2v) is 9.87. The van der Waals surface area contributed by atoms with Gasteiger partial charge in [-0.1, -0.05) is 70.2 Å². The van der Waals surface area contributed by atoms with Crippen molar-refractivity contribution >= 4 is 19.6 Å². The highest BCUT2D eigenvalue weighted by Crippen LogP contribution is 2.42. The van der Waals surface area contributed by atoms with Crippen molar-refractivity contribution in [1.82, 2.24) is 5.09 Å². The maximum Gasteiger partial charge on any atom is 0.137 e. The number of aryl methyl sites for hydroxylation is 2. The highest BCUT2D eigenvalue weighted by atomic mass is 31.1. The van der Waals surface area contributed by atoms with E-state index >= 15 is 0 Å². The summed E-state index contributed by atoms with van der Waals surface area (Å²) in [6, 6.07) is 16.8. The zero-order valence-corrected chi connectivity index (χ0v) is 16.6. The molecule has 0 saturated carbocycles. The number of nitrogens with zero attached hydrogens (tertiary/aromatic N) is 1. The molecular weight excluding hydrogens is 311 g/mol. The van der Waals surface area contributed by atoms with E-state index in [1.54, 1.807) is 0 Å². The van der Waals surface area contributed by atoms with Crippen molar-refractivity contribution in [2.45, 2.75) is 52.9 Å². The lowest BCUT2D eigenvalue weighted by Crippen LogP contribution is -2.26. The van der Waals surface area contributed by atoms with E-state index in [4.69, 9.17) is 4.99 Å². The minimum atomic E-state index is -0.341. The average molecular weight is 340 g/mol. The minimum Gasteiger partial charge on any atom is -0.348 e. The number of benzene rings is 2. The smallest absolute Gasteiger partial charge is 0.137 e. The molecule has 0 aromatic heterocycles. The molecule has 24 heavy (non-hydrogen) atoms. The van der Waals surface area contributed by atoms with Crippen LogP contribution in [0.25, 0.3) is 0 Å². The van der Waals surface area contributed by atoms with Crippen LogP contribution in [0.3, 0.4) is 0 Å². The fourth-order valence-electron chi connectivity index (χ4n) is 2.77. The molecule has 0 radical (unpaired) electrons. The molecule has 0 aliphatic rings. The number of amidine groups is 1. The third-order valence-corrected chi connectivity index (χ3v) is 6.79. The molecule has 2 aromatic rings. The van der Waals surface area contributed by atoms with Crippen molar-refractivity contribution in [2.24, 2.45) is 4.99 Å². The van der Waals surface area contributed by atoms with Gasteiger partial charge < -0.3 is 5.09 Å². The Balaban J connectivity index is 2.50. The molecule has 0 aliphatic carbocycles. The van der Waals surface area contributed by atoms with Gasteiger partial charge in [0.2, 0.25) is 0 Å². The summed E-state index contributed by atoms with van der Waals surface area (Å²) in [6.45, 7) is 13.4. The van der Waals surface area contributed by atoms with Gasteiger partial charge in [-0.25, -0.2) is 4.99 Å². The van der Waals surface area contributed by atoms with Crippen molar-refractivity contribution in [1.29, 1.82) is 0 Å². The van der Waals surface area contributed by atoms with Gasteiger partial charge in [-0.2, -0.15) is 0 Å². The first-order valence-electron chi connectivity index (χ1n) is 8.65. The summed E-state index contributed by atoms with van der Waals surface area (Å²) in [5, 5.41) is 3.80. The maximum atomic E-state index is 5.02. The molecule has 0 unspecified atom stereocenters. The summed E-state index contributed by atoms with van der Waals surface area (Å²) >= 11 is 0. The van der Waals surface area contributed by atoms with Gasteiger partial charge in [0.25, 0.3) is 0 Å². The van der Waals surface area contributed by atoms with Crippen LogP contribution in [-0.2, 0) is 0 Å². The molecule has 0 amide bonds. The monoisotopic (exact) mass is 340 g/mol. The van der Waals surface area contributed by atoms with Crippen molar-refractivity contribution in [3.8, 4) is 0 Å². The third-order valence-electron chi connectivity index (χ3n) is 4.10. The summed E-state index contributed by atoms with van der Waals surface area (Å²) < 4.78 is 0. The Morgan fingerprint density at radius 3 is 1.92 bits per heavy atom. The quantitative estimate of drug-likeness (QED) is 0.392. The summed E-state index contributed by atoms with van der Waals surface area (Å²) in [4.78, 5) is 5.02. The third kappa shape index (κ3) is 4.68. The zero-order chi connectivity index (χ0) is 17.7. The van der Waals surface area contributed by atoms with E-state index < -0.39 is 0 Å². The van der Waals surface area contributed by atoms with E-state index in [9.17, 15) is 0 Å². The molecular formula is C21H29N2P. The molecule has 128 valence electrons. The number of nitrogens with one attached hydrogen (secondary N) is 1. The highest BCUT2D eigenvalue weighted by Gasteiger charge is 2.20. The Labute approximate surface area is 148 Å². The Morgan fingerprint density at radius 1 is 0.833 bits per heavy atom. The number of rotatable bonds is 5. The molecule has 2 rings (SSSR count). The van der Waals surface area contributed by atoms with Gasteiger partial charge >= 0.3 is 0 Å². The molecule has 0 atom stereocenters. The van der Waals surface area contributed by atoms with Gasteiger partial charge in [0.15, 0.2) is 0 Å². The van der Waals surface area contributed by atoms with Crippen LogP contribution < -0.4 is 5.09 Å². The molecule has 0 spiro atoms. The van der Waals surface area contributed by atoms with Crippen LogP contribution in [0.5, 0.6) is 0 Å². The Kier molecular flexibility index (Phi) is 6.57. The van der Waals surface area contributed by atoms with Gasteiger partial charge in [-0.15, -0.1) is 0 Å². The van der Waals surface area contributed by atoms with Crippen LogP contribution in [0.1, 0.15) is 44.4 Å². The predicted octanol–water partition coefficient (Wildman–Crippen LogP) is 6.19. The average Bonchev–Trinajstić information content (AvgIpc) is 2.53. The highest BCUT2D eigenvalue weighted by molar-refractivity contribution is 7.57. The summed E-state index contributed by atoms with van der Waals surface area (Å²) in [7, 11) is -0.341. The standard InChI is InChI=1S/C21H29N2P/c1-15(2)24(16(3)4)23-21(19-13-9-7-11-17(19)5)22-20-14-10-8-12-18(20)6/h7-16H,1-6H3,(H,22,23). The van der Waals surface area contributed by atoms with Crippen molar-refractivity contribution < 1.29 is 0 Å². The molecule has 0 fully saturated rings. The van der Waals surface area contributed by atoms with Gasteiger partial charge in [-0.3, -0.25) is 0 Å². The minimum absolute atomic E-state index is 0.341. The fourth-order valence-corrected chi connectivity index (χ4v) is 4.89. The molecule has 2 nitrogen and oxygen atoms in total. The Morgan fingerprint density at radius 2 is 1.38 bits per heavy atom. The Bertz CT molecular complexity index is 696. The van der Waals surface area contributed by atoms with Crippen molar-refractivity contribution in [3.05, 3.63) is 65.2 Å². The molecule has 2 aromatic carbocycles. The zero-order valence-electron chi connectivity index (χ0n) is 15.7. The van der Waals surface area contributed by atoms with Gasteiger partial charge in [-0.05, 0) is 50.4 Å². The number of aliphatic imine (C=N–C) groups is 1. The second kappa shape index (κ2) is 8.44. The van der Waals surface area contributed by atoms with Crippen molar-refractivity contribution in [3.63, 3.8) is 0 Å². The van der Waals surface area contributed by atoms with E-state index in [0.29, 0.717) is 11.3 Å². The van der Waals surface area contributed by atoms with Crippen LogP contribution in [-0.4, -0.2) is 17.2 Å². The van der Waals surface area contributed by atoms with Gasteiger partial charge in [0, 0.05) is 5.56 Å². The lowest BCUT2D eigenvalue weighted by molar-refractivity contribution is 0.990. The van der Waals surface area contributed by atoms with Crippen LogP contribution in [0.4, 0.5) is 5.69 Å². The SMILES string of the molecule is Cc1ccccc1N=C(NP(C(C)C)C(C)C)c1ccccc1C. The largest absolute Gasteiger partial charge is 0.348 e. The summed E-state index contributed by atoms with van der Waals surface area (Å²) in [5.41, 5.74) is 5.88. The number of hydrogen-bond donors (Lipinski definition) is 1. The van der Waals surface area contributed by atoms with Gasteiger partial charge in [0.05, 0.1) is 5.69 Å². The Hall–Kier alpha value is -1.66. The number of para-hydroxylation sites is 1. The lowest BCUT2D eigenvalue weighted by Gasteiger charge is -2.28. The van der Waals surface area contributed by atoms with E-state index in [0.717, 1.165) is 11.5 Å².